The van der Waals surface area contributed by atoms with E-state index >= 15 is 0 Å². The van der Waals surface area contributed by atoms with Gasteiger partial charge in [-0.05, 0) is 37.6 Å². The summed E-state index contributed by atoms with van der Waals surface area (Å²) in [4.78, 5) is 14.0. The lowest BCUT2D eigenvalue weighted by atomic mass is 9.80. The fourth-order valence-electron chi connectivity index (χ4n) is 1.43. The molecule has 17 heavy (non-hydrogen) atoms. The Hall–Kier alpha value is -1.09. The maximum Gasteiger partial charge on any atom is 0.167 e. The zero-order chi connectivity index (χ0) is 13.1. The second-order valence-electron chi connectivity index (χ2n) is 4.78. The van der Waals surface area contributed by atoms with Crippen LogP contribution in [-0.4, -0.2) is 24.8 Å². The zero-order valence-electron chi connectivity index (χ0n) is 10.7. The van der Waals surface area contributed by atoms with Crippen molar-refractivity contribution >= 4 is 21.7 Å². The van der Waals surface area contributed by atoms with Crippen LogP contribution in [0.25, 0.3) is 0 Å². The molecule has 0 N–H and O–H groups in total. The van der Waals surface area contributed by atoms with Crippen LogP contribution in [0.3, 0.4) is 0 Å². The summed E-state index contributed by atoms with van der Waals surface area (Å²) in [5.41, 5.74) is 0.529. The van der Waals surface area contributed by atoms with Crippen LogP contribution in [0.5, 0.6) is 0 Å². The third kappa shape index (κ3) is 3.70. The SMILES string of the molecule is CN(C)/C=C/C(=O)C(C)(C)c1ccc(Br)cc1. The molecule has 0 spiro atoms. The first kappa shape index (κ1) is 14.0. The van der Waals surface area contributed by atoms with Crippen molar-refractivity contribution in [3.63, 3.8) is 0 Å². The summed E-state index contributed by atoms with van der Waals surface area (Å²) in [5, 5.41) is 0. The van der Waals surface area contributed by atoms with Gasteiger partial charge in [-0.15, -0.1) is 0 Å². The molecular weight excluding hydrogens is 278 g/mol. The van der Waals surface area contributed by atoms with Gasteiger partial charge in [0.2, 0.25) is 0 Å². The number of nitrogens with zero attached hydrogens (tertiary/aromatic N) is 1. The Balaban J connectivity index is 2.94. The summed E-state index contributed by atoms with van der Waals surface area (Å²) in [7, 11) is 3.80. The van der Waals surface area contributed by atoms with Crippen molar-refractivity contribution in [1.82, 2.24) is 4.90 Å². The Labute approximate surface area is 111 Å². The number of allylic oxidation sites excluding steroid dienone is 1. The van der Waals surface area contributed by atoms with Crippen LogP contribution in [0.1, 0.15) is 19.4 Å². The van der Waals surface area contributed by atoms with Gasteiger partial charge in [-0.1, -0.05) is 28.1 Å². The highest BCUT2D eigenvalue weighted by molar-refractivity contribution is 9.10. The first-order valence-corrected chi connectivity index (χ1v) is 6.28. The molecule has 0 bridgehead atoms. The Kier molecular flexibility index (Phi) is 4.52. The van der Waals surface area contributed by atoms with E-state index in [0.29, 0.717) is 0 Å². The number of hydrogen-bond acceptors (Lipinski definition) is 2. The smallest absolute Gasteiger partial charge is 0.167 e. The molecule has 2 nitrogen and oxygen atoms in total. The van der Waals surface area contributed by atoms with Crippen molar-refractivity contribution in [2.24, 2.45) is 0 Å². The van der Waals surface area contributed by atoms with Gasteiger partial charge in [0.1, 0.15) is 0 Å². The standard InChI is InChI=1S/C14H18BrNO/c1-14(2,13(17)9-10-16(3)4)11-5-7-12(15)8-6-11/h5-10H,1-4H3/b10-9+. The molecule has 1 aromatic rings. The number of halogens is 1. The molecule has 92 valence electrons. The number of rotatable bonds is 4. The van der Waals surface area contributed by atoms with Crippen LogP contribution in [0.15, 0.2) is 41.0 Å². The van der Waals surface area contributed by atoms with Crippen LogP contribution in [0, 0.1) is 0 Å². The van der Waals surface area contributed by atoms with Crippen LogP contribution >= 0.6 is 15.9 Å². The van der Waals surface area contributed by atoms with Crippen LogP contribution in [0.2, 0.25) is 0 Å². The highest BCUT2D eigenvalue weighted by Crippen LogP contribution is 2.26. The maximum atomic E-state index is 12.1. The average molecular weight is 296 g/mol. The fourth-order valence-corrected chi connectivity index (χ4v) is 1.70. The molecule has 0 aliphatic heterocycles. The quantitative estimate of drug-likeness (QED) is 0.794. The first-order chi connectivity index (χ1) is 7.84. The van der Waals surface area contributed by atoms with E-state index in [0.717, 1.165) is 10.0 Å². The highest BCUT2D eigenvalue weighted by atomic mass is 79.9. The highest BCUT2D eigenvalue weighted by Gasteiger charge is 2.27. The summed E-state index contributed by atoms with van der Waals surface area (Å²) < 4.78 is 1.02. The summed E-state index contributed by atoms with van der Waals surface area (Å²) in [6.07, 6.45) is 3.41. The zero-order valence-corrected chi connectivity index (χ0v) is 12.3. The van der Waals surface area contributed by atoms with Gasteiger partial charge in [0.25, 0.3) is 0 Å². The Morgan fingerprint density at radius 3 is 2.24 bits per heavy atom. The van der Waals surface area contributed by atoms with Crippen molar-refractivity contribution in [3.8, 4) is 0 Å². The molecule has 0 radical (unpaired) electrons. The number of carbonyl (C=O) groups excluding carboxylic acids is 1. The number of hydrogen-bond donors (Lipinski definition) is 0. The molecule has 0 fully saturated rings. The topological polar surface area (TPSA) is 20.3 Å². The summed E-state index contributed by atoms with van der Waals surface area (Å²) in [5.74, 6) is 0.105. The lowest BCUT2D eigenvalue weighted by Crippen LogP contribution is -2.27. The minimum Gasteiger partial charge on any atom is -0.383 e. The summed E-state index contributed by atoms with van der Waals surface area (Å²) in [6, 6.07) is 7.87. The summed E-state index contributed by atoms with van der Waals surface area (Å²) >= 11 is 3.39. The molecule has 1 rings (SSSR count). The molecule has 0 amide bonds. The Bertz CT molecular complexity index is 418. The van der Waals surface area contributed by atoms with Gasteiger partial charge in [-0.3, -0.25) is 4.79 Å². The first-order valence-electron chi connectivity index (χ1n) is 5.49. The van der Waals surface area contributed by atoms with Crippen molar-refractivity contribution in [2.75, 3.05) is 14.1 Å². The number of benzene rings is 1. The van der Waals surface area contributed by atoms with Crippen LogP contribution < -0.4 is 0 Å². The van der Waals surface area contributed by atoms with Crippen molar-refractivity contribution in [3.05, 3.63) is 46.6 Å². The van der Waals surface area contributed by atoms with Crippen LogP contribution in [-0.2, 0) is 10.2 Å². The van der Waals surface area contributed by atoms with E-state index in [1.807, 2.05) is 57.1 Å². The van der Waals surface area contributed by atoms with E-state index in [4.69, 9.17) is 0 Å². The van der Waals surface area contributed by atoms with Gasteiger partial charge in [-0.2, -0.15) is 0 Å². The summed E-state index contributed by atoms with van der Waals surface area (Å²) in [6.45, 7) is 3.89. The van der Waals surface area contributed by atoms with Gasteiger partial charge in [0, 0.05) is 24.8 Å². The minimum absolute atomic E-state index is 0.105. The predicted molar refractivity (Wildman–Crippen MR) is 75.0 cm³/mol. The van der Waals surface area contributed by atoms with Gasteiger partial charge >= 0.3 is 0 Å². The molecule has 0 aromatic heterocycles. The largest absolute Gasteiger partial charge is 0.383 e. The molecular formula is C14H18BrNO. The lowest BCUT2D eigenvalue weighted by molar-refractivity contribution is -0.118. The molecule has 0 atom stereocenters. The monoisotopic (exact) mass is 295 g/mol. The van der Waals surface area contributed by atoms with Gasteiger partial charge in [-0.25, -0.2) is 0 Å². The molecule has 0 aliphatic carbocycles. The van der Waals surface area contributed by atoms with E-state index in [9.17, 15) is 4.79 Å². The average Bonchev–Trinajstić information content (AvgIpc) is 2.26. The van der Waals surface area contributed by atoms with Crippen molar-refractivity contribution < 1.29 is 4.79 Å². The molecule has 1 aromatic carbocycles. The normalized spacial score (nSPS) is 11.8. The van der Waals surface area contributed by atoms with Gasteiger partial charge < -0.3 is 4.90 Å². The van der Waals surface area contributed by atoms with Crippen molar-refractivity contribution in [2.45, 2.75) is 19.3 Å². The predicted octanol–water partition coefficient (Wildman–Crippen LogP) is 3.37. The molecule has 0 unspecified atom stereocenters. The minimum atomic E-state index is -0.493. The molecule has 0 saturated carbocycles. The molecule has 0 saturated heterocycles. The van der Waals surface area contributed by atoms with E-state index in [1.54, 1.807) is 12.3 Å². The fraction of sp³-hybridized carbons (Fsp3) is 0.357. The second-order valence-corrected chi connectivity index (χ2v) is 5.69. The van der Waals surface area contributed by atoms with Crippen molar-refractivity contribution in [1.29, 1.82) is 0 Å². The second kappa shape index (κ2) is 5.50. The van der Waals surface area contributed by atoms with Crippen LogP contribution in [0.4, 0.5) is 0 Å². The van der Waals surface area contributed by atoms with E-state index in [2.05, 4.69) is 15.9 Å². The molecule has 3 heteroatoms. The number of ketones is 1. The maximum absolute atomic E-state index is 12.1. The number of carbonyl (C=O) groups is 1. The van der Waals surface area contributed by atoms with E-state index in [-0.39, 0.29) is 5.78 Å². The lowest BCUT2D eigenvalue weighted by Gasteiger charge is -2.22. The van der Waals surface area contributed by atoms with Gasteiger partial charge in [0.05, 0.1) is 5.41 Å². The van der Waals surface area contributed by atoms with Gasteiger partial charge in [0.15, 0.2) is 5.78 Å². The van der Waals surface area contributed by atoms with E-state index < -0.39 is 5.41 Å². The molecule has 0 aliphatic rings. The molecule has 0 heterocycles. The third-order valence-electron chi connectivity index (χ3n) is 2.71. The Morgan fingerprint density at radius 2 is 1.76 bits per heavy atom. The Morgan fingerprint density at radius 1 is 1.24 bits per heavy atom. The van der Waals surface area contributed by atoms with E-state index in [1.165, 1.54) is 0 Å². The third-order valence-corrected chi connectivity index (χ3v) is 3.23.